The van der Waals surface area contributed by atoms with Gasteiger partial charge in [-0.05, 0) is 43.7 Å². The summed E-state index contributed by atoms with van der Waals surface area (Å²) in [5, 5.41) is 3.20. The lowest BCUT2D eigenvalue weighted by molar-refractivity contribution is -0.188. The summed E-state index contributed by atoms with van der Waals surface area (Å²) in [6, 6.07) is -0.221. The second-order valence-corrected chi connectivity index (χ2v) is 6.27. The quantitative estimate of drug-likeness (QED) is 0.858. The predicted molar refractivity (Wildman–Crippen MR) is 65.5 cm³/mol. The number of hydrogen-bond donors (Lipinski definition) is 1. The van der Waals surface area contributed by atoms with Crippen molar-refractivity contribution in [2.24, 2.45) is 11.3 Å². The molecule has 1 saturated heterocycles. The third-order valence-corrected chi connectivity index (χ3v) is 4.33. The van der Waals surface area contributed by atoms with Gasteiger partial charge in [0, 0.05) is 12.6 Å². The lowest BCUT2D eigenvalue weighted by Gasteiger charge is -2.39. The van der Waals surface area contributed by atoms with Crippen molar-refractivity contribution in [1.82, 2.24) is 10.2 Å². The normalized spacial score (nSPS) is 29.9. The highest BCUT2D eigenvalue weighted by Gasteiger charge is 2.51. The maximum Gasteiger partial charge on any atom is 0.471 e. The fraction of sp³-hybridized carbons (Fsp3) is 0.923. The van der Waals surface area contributed by atoms with E-state index >= 15 is 0 Å². The van der Waals surface area contributed by atoms with E-state index in [1.807, 2.05) is 13.8 Å². The lowest BCUT2D eigenvalue weighted by Crippen LogP contribution is -2.50. The van der Waals surface area contributed by atoms with Crippen molar-refractivity contribution < 1.29 is 18.0 Å². The molecule has 0 aromatic heterocycles. The number of nitrogens with one attached hydrogen (secondary N) is 1. The average molecular weight is 278 g/mol. The number of hydrogen-bond acceptors (Lipinski definition) is 2. The average Bonchev–Trinajstić information content (AvgIpc) is 3.02. The van der Waals surface area contributed by atoms with E-state index in [4.69, 9.17) is 0 Å². The van der Waals surface area contributed by atoms with Crippen molar-refractivity contribution in [2.75, 3.05) is 19.6 Å². The maximum absolute atomic E-state index is 12.7. The molecule has 2 aliphatic rings. The number of alkyl halides is 3. The van der Waals surface area contributed by atoms with Crippen LogP contribution < -0.4 is 5.32 Å². The summed E-state index contributed by atoms with van der Waals surface area (Å²) in [7, 11) is 0. The number of rotatable bonds is 3. The maximum atomic E-state index is 12.7. The van der Waals surface area contributed by atoms with Gasteiger partial charge < -0.3 is 10.2 Å². The SMILES string of the molecule is C[C@@H]1C[C@H]1N(CC1(C)CCNCC1)C(=O)C(F)(F)F. The van der Waals surface area contributed by atoms with Crippen LogP contribution in [0, 0.1) is 11.3 Å². The van der Waals surface area contributed by atoms with E-state index in [1.165, 1.54) is 0 Å². The van der Waals surface area contributed by atoms with Crippen LogP contribution in [0.5, 0.6) is 0 Å². The van der Waals surface area contributed by atoms with Crippen LogP contribution in [0.15, 0.2) is 0 Å². The van der Waals surface area contributed by atoms with Gasteiger partial charge >= 0.3 is 12.1 Å². The van der Waals surface area contributed by atoms with Crippen molar-refractivity contribution in [2.45, 2.75) is 45.3 Å². The minimum Gasteiger partial charge on any atom is -0.331 e. The van der Waals surface area contributed by atoms with E-state index in [0.717, 1.165) is 30.8 Å². The smallest absolute Gasteiger partial charge is 0.331 e. The molecule has 0 spiro atoms. The summed E-state index contributed by atoms with van der Waals surface area (Å²) in [6.45, 7) is 5.72. The Kier molecular flexibility index (Phi) is 3.82. The van der Waals surface area contributed by atoms with Crippen LogP contribution in [0.4, 0.5) is 13.2 Å². The van der Waals surface area contributed by atoms with E-state index in [-0.39, 0.29) is 23.9 Å². The van der Waals surface area contributed by atoms with Gasteiger partial charge in [-0.1, -0.05) is 13.8 Å². The first-order chi connectivity index (χ1) is 8.73. The fourth-order valence-electron chi connectivity index (χ4n) is 2.84. The summed E-state index contributed by atoms with van der Waals surface area (Å²) < 4.78 is 38.1. The highest BCUT2D eigenvalue weighted by Crippen LogP contribution is 2.40. The molecule has 1 saturated carbocycles. The first kappa shape index (κ1) is 14.6. The van der Waals surface area contributed by atoms with Gasteiger partial charge in [-0.25, -0.2) is 0 Å². The molecule has 2 fully saturated rings. The fourth-order valence-corrected chi connectivity index (χ4v) is 2.84. The molecule has 0 bridgehead atoms. The van der Waals surface area contributed by atoms with Gasteiger partial charge in [0.05, 0.1) is 0 Å². The van der Waals surface area contributed by atoms with Crippen LogP contribution in [0.2, 0.25) is 0 Å². The zero-order valence-corrected chi connectivity index (χ0v) is 11.4. The molecule has 0 aromatic rings. The Morgan fingerprint density at radius 1 is 1.37 bits per heavy atom. The van der Waals surface area contributed by atoms with Crippen LogP contribution in [0.25, 0.3) is 0 Å². The topological polar surface area (TPSA) is 32.3 Å². The second kappa shape index (κ2) is 4.96. The summed E-state index contributed by atoms with van der Waals surface area (Å²) >= 11 is 0. The van der Waals surface area contributed by atoms with Crippen molar-refractivity contribution in [3.05, 3.63) is 0 Å². The van der Waals surface area contributed by atoms with Crippen LogP contribution in [-0.4, -0.2) is 42.7 Å². The van der Waals surface area contributed by atoms with Crippen molar-refractivity contribution in [3.8, 4) is 0 Å². The molecule has 1 N–H and O–H groups in total. The molecule has 1 aliphatic heterocycles. The second-order valence-electron chi connectivity index (χ2n) is 6.27. The standard InChI is InChI=1S/C13H21F3N2O/c1-9-7-10(9)18(11(19)13(14,15)16)8-12(2)3-5-17-6-4-12/h9-10,17H,3-8H2,1-2H3/t9-,10-/m1/s1. The third-order valence-electron chi connectivity index (χ3n) is 4.33. The van der Waals surface area contributed by atoms with E-state index in [2.05, 4.69) is 5.32 Å². The number of carbonyl (C=O) groups excluding carboxylic acids is 1. The molecule has 19 heavy (non-hydrogen) atoms. The Hall–Kier alpha value is -0.780. The highest BCUT2D eigenvalue weighted by molar-refractivity contribution is 5.82. The zero-order valence-electron chi connectivity index (χ0n) is 11.4. The van der Waals surface area contributed by atoms with Crippen LogP contribution in [0.1, 0.15) is 33.1 Å². The van der Waals surface area contributed by atoms with Crippen molar-refractivity contribution >= 4 is 5.91 Å². The van der Waals surface area contributed by atoms with Gasteiger partial charge in [0.15, 0.2) is 0 Å². The summed E-state index contributed by atoms with van der Waals surface area (Å²) in [4.78, 5) is 12.7. The van der Waals surface area contributed by atoms with E-state index in [1.54, 1.807) is 0 Å². The zero-order chi connectivity index (χ0) is 14.3. The summed E-state index contributed by atoms with van der Waals surface area (Å²) in [6.07, 6.45) is -2.44. The highest BCUT2D eigenvalue weighted by atomic mass is 19.4. The Balaban J connectivity index is 2.08. The number of nitrogens with zero attached hydrogens (tertiary/aromatic N) is 1. The minimum atomic E-state index is -4.76. The molecule has 2 rings (SSSR count). The molecule has 2 atom stereocenters. The van der Waals surface area contributed by atoms with E-state index in [9.17, 15) is 18.0 Å². The van der Waals surface area contributed by atoms with Crippen LogP contribution in [-0.2, 0) is 4.79 Å². The molecule has 3 nitrogen and oxygen atoms in total. The van der Waals surface area contributed by atoms with Gasteiger partial charge in [-0.2, -0.15) is 13.2 Å². The third kappa shape index (κ3) is 3.41. The number of piperidine rings is 1. The number of carbonyl (C=O) groups is 1. The molecular weight excluding hydrogens is 257 g/mol. The molecule has 1 amide bonds. The largest absolute Gasteiger partial charge is 0.471 e. The molecule has 110 valence electrons. The Bertz CT molecular complexity index is 350. The van der Waals surface area contributed by atoms with E-state index in [0.29, 0.717) is 6.42 Å². The van der Waals surface area contributed by atoms with E-state index < -0.39 is 12.1 Å². The minimum absolute atomic E-state index is 0.191. The van der Waals surface area contributed by atoms with Crippen molar-refractivity contribution in [1.29, 1.82) is 0 Å². The molecule has 6 heteroatoms. The first-order valence-corrected chi connectivity index (χ1v) is 6.81. The van der Waals surface area contributed by atoms with Gasteiger partial charge in [0.2, 0.25) is 0 Å². The Morgan fingerprint density at radius 2 is 1.89 bits per heavy atom. The van der Waals surface area contributed by atoms with Gasteiger partial charge in [0.25, 0.3) is 0 Å². The van der Waals surface area contributed by atoms with Gasteiger partial charge in [-0.3, -0.25) is 4.79 Å². The lowest BCUT2D eigenvalue weighted by atomic mass is 9.80. The first-order valence-electron chi connectivity index (χ1n) is 6.81. The summed E-state index contributed by atoms with van der Waals surface area (Å²) in [5.74, 6) is -1.47. The number of amides is 1. The molecule has 0 unspecified atom stereocenters. The molecule has 1 aliphatic carbocycles. The molecule has 0 radical (unpaired) electrons. The van der Waals surface area contributed by atoms with Gasteiger partial charge in [0.1, 0.15) is 0 Å². The monoisotopic (exact) mass is 278 g/mol. The number of halogens is 3. The Labute approximate surface area is 111 Å². The summed E-state index contributed by atoms with van der Waals surface area (Å²) in [5.41, 5.74) is -0.200. The molecular formula is C13H21F3N2O. The Morgan fingerprint density at radius 3 is 2.32 bits per heavy atom. The molecule has 1 heterocycles. The van der Waals surface area contributed by atoms with Crippen molar-refractivity contribution in [3.63, 3.8) is 0 Å². The van der Waals surface area contributed by atoms with Gasteiger partial charge in [-0.15, -0.1) is 0 Å². The predicted octanol–water partition coefficient (Wildman–Crippen LogP) is 2.18. The molecule has 0 aromatic carbocycles. The van der Waals surface area contributed by atoms with Crippen LogP contribution >= 0.6 is 0 Å². The van der Waals surface area contributed by atoms with Crippen LogP contribution in [0.3, 0.4) is 0 Å².